The molecule has 7 nitrogen and oxygen atoms in total. The Bertz CT molecular complexity index is 574. The lowest BCUT2D eigenvalue weighted by Gasteiger charge is -2.35. The van der Waals surface area contributed by atoms with E-state index in [0.717, 1.165) is 12.8 Å². The number of hydrogen-bond acceptors (Lipinski definition) is 6. The fourth-order valence-corrected chi connectivity index (χ4v) is 2.51. The number of nitriles is 1. The van der Waals surface area contributed by atoms with Gasteiger partial charge in [-0.1, -0.05) is 6.92 Å². The first-order valence-corrected chi connectivity index (χ1v) is 6.94. The third-order valence-electron chi connectivity index (χ3n) is 3.98. The van der Waals surface area contributed by atoms with Crippen molar-refractivity contribution in [2.45, 2.75) is 38.2 Å². The van der Waals surface area contributed by atoms with Gasteiger partial charge in [-0.2, -0.15) is 5.26 Å². The summed E-state index contributed by atoms with van der Waals surface area (Å²) < 4.78 is 0. The molecular weight excluding hydrogens is 272 g/mol. The van der Waals surface area contributed by atoms with Crippen LogP contribution in [-0.2, 0) is 0 Å². The second kappa shape index (κ2) is 6.06. The van der Waals surface area contributed by atoms with E-state index in [1.807, 2.05) is 6.07 Å². The van der Waals surface area contributed by atoms with Gasteiger partial charge in [-0.05, 0) is 31.6 Å². The minimum Gasteiger partial charge on any atom is -0.388 e. The van der Waals surface area contributed by atoms with E-state index in [9.17, 15) is 15.2 Å². The molecule has 1 saturated carbocycles. The third kappa shape index (κ3) is 3.67. The Morgan fingerprint density at radius 3 is 2.86 bits per heavy atom. The number of anilines is 1. The van der Waals surface area contributed by atoms with Crippen LogP contribution in [0.1, 0.15) is 38.2 Å². The molecule has 21 heavy (non-hydrogen) atoms. The molecule has 112 valence electrons. The zero-order chi connectivity index (χ0) is 15.5. The van der Waals surface area contributed by atoms with Gasteiger partial charge in [-0.3, -0.25) is 10.1 Å². The summed E-state index contributed by atoms with van der Waals surface area (Å²) in [5.74, 6) is 0.693. The van der Waals surface area contributed by atoms with Crippen molar-refractivity contribution in [1.29, 1.82) is 5.26 Å². The Labute approximate surface area is 122 Å². The van der Waals surface area contributed by atoms with Gasteiger partial charge in [0.2, 0.25) is 5.82 Å². The summed E-state index contributed by atoms with van der Waals surface area (Å²) in [6, 6.07) is 3.01. The molecule has 0 amide bonds. The largest absolute Gasteiger partial charge is 0.388 e. The van der Waals surface area contributed by atoms with E-state index in [1.54, 1.807) is 0 Å². The molecule has 0 atom stereocenters. The second-order valence-electron chi connectivity index (χ2n) is 5.72. The smallest absolute Gasteiger partial charge is 0.312 e. The molecule has 0 saturated heterocycles. The highest BCUT2D eigenvalue weighted by atomic mass is 16.6. The van der Waals surface area contributed by atoms with Crippen LogP contribution in [0.25, 0.3) is 0 Å². The lowest BCUT2D eigenvalue weighted by atomic mass is 9.79. The van der Waals surface area contributed by atoms with Gasteiger partial charge in [-0.25, -0.2) is 4.98 Å². The molecule has 1 heterocycles. The van der Waals surface area contributed by atoms with E-state index in [1.165, 1.54) is 12.3 Å². The molecule has 1 fully saturated rings. The first-order valence-electron chi connectivity index (χ1n) is 6.94. The first-order chi connectivity index (χ1) is 9.93. The lowest BCUT2D eigenvalue weighted by Crippen LogP contribution is -2.40. The maximum atomic E-state index is 11.0. The SMILES string of the molecule is CC1CCC(O)(CNc2ncc(C#N)cc2[N+](=O)[O-])CC1. The van der Waals surface area contributed by atoms with E-state index in [0.29, 0.717) is 18.8 Å². The van der Waals surface area contributed by atoms with Crippen molar-refractivity contribution in [3.63, 3.8) is 0 Å². The number of nitro groups is 1. The highest BCUT2D eigenvalue weighted by Gasteiger charge is 2.32. The third-order valence-corrected chi connectivity index (χ3v) is 3.98. The Morgan fingerprint density at radius 2 is 2.29 bits per heavy atom. The minimum absolute atomic E-state index is 0.0889. The topological polar surface area (TPSA) is 112 Å². The lowest BCUT2D eigenvalue weighted by molar-refractivity contribution is -0.384. The number of nitrogens with zero attached hydrogens (tertiary/aromatic N) is 3. The molecule has 1 aliphatic carbocycles. The van der Waals surface area contributed by atoms with E-state index >= 15 is 0 Å². The average Bonchev–Trinajstić information content (AvgIpc) is 2.48. The summed E-state index contributed by atoms with van der Waals surface area (Å²) in [5.41, 5.74) is -0.963. The first kappa shape index (κ1) is 15.2. The molecule has 0 aliphatic heterocycles. The maximum absolute atomic E-state index is 11.0. The van der Waals surface area contributed by atoms with Crippen LogP contribution in [0, 0.1) is 27.4 Å². The molecule has 0 spiro atoms. The molecule has 0 bridgehead atoms. The van der Waals surface area contributed by atoms with Crippen LogP contribution in [0.3, 0.4) is 0 Å². The van der Waals surface area contributed by atoms with Crippen molar-refractivity contribution in [3.05, 3.63) is 27.9 Å². The molecule has 7 heteroatoms. The Balaban J connectivity index is 2.09. The van der Waals surface area contributed by atoms with Crippen LogP contribution in [0.4, 0.5) is 11.5 Å². The van der Waals surface area contributed by atoms with Crippen molar-refractivity contribution >= 4 is 11.5 Å². The molecule has 2 rings (SSSR count). The van der Waals surface area contributed by atoms with Gasteiger partial charge in [0.15, 0.2) is 0 Å². The normalized spacial score (nSPS) is 25.1. The maximum Gasteiger partial charge on any atom is 0.312 e. The monoisotopic (exact) mass is 290 g/mol. The van der Waals surface area contributed by atoms with Gasteiger partial charge in [0.25, 0.3) is 0 Å². The van der Waals surface area contributed by atoms with Gasteiger partial charge in [-0.15, -0.1) is 0 Å². The highest BCUT2D eigenvalue weighted by molar-refractivity contribution is 5.58. The van der Waals surface area contributed by atoms with Crippen LogP contribution in [0.5, 0.6) is 0 Å². The molecular formula is C14H18N4O3. The number of aromatic nitrogens is 1. The summed E-state index contributed by atoms with van der Waals surface area (Å²) in [7, 11) is 0. The van der Waals surface area contributed by atoms with Crippen molar-refractivity contribution in [3.8, 4) is 6.07 Å². The molecule has 0 unspecified atom stereocenters. The summed E-state index contributed by atoms with van der Waals surface area (Å²) in [4.78, 5) is 14.4. The predicted octanol–water partition coefficient (Wildman–Crippen LogP) is 2.21. The van der Waals surface area contributed by atoms with E-state index in [2.05, 4.69) is 17.2 Å². The molecule has 2 N–H and O–H groups in total. The fraction of sp³-hybridized carbons (Fsp3) is 0.571. The highest BCUT2D eigenvalue weighted by Crippen LogP contribution is 2.32. The second-order valence-corrected chi connectivity index (χ2v) is 5.72. The standard InChI is InChI=1S/C14H18N4O3/c1-10-2-4-14(19,5-3-10)9-17-13-12(18(20)21)6-11(7-15)8-16-13/h6,8,10,19H,2-5,9H2,1H3,(H,16,17). The van der Waals surface area contributed by atoms with Crippen LogP contribution >= 0.6 is 0 Å². The minimum atomic E-state index is -0.851. The summed E-state index contributed by atoms with van der Waals surface area (Å²) in [5, 5.41) is 33.1. The molecule has 1 aliphatic rings. The van der Waals surface area contributed by atoms with E-state index in [4.69, 9.17) is 5.26 Å². The summed E-state index contributed by atoms with van der Waals surface area (Å²) >= 11 is 0. The zero-order valence-electron chi connectivity index (χ0n) is 11.9. The van der Waals surface area contributed by atoms with Crippen LogP contribution in [0.15, 0.2) is 12.3 Å². The number of nitrogens with one attached hydrogen (secondary N) is 1. The number of hydrogen-bond donors (Lipinski definition) is 2. The average molecular weight is 290 g/mol. The van der Waals surface area contributed by atoms with Gasteiger partial charge >= 0.3 is 5.69 Å². The van der Waals surface area contributed by atoms with Crippen molar-refractivity contribution in [1.82, 2.24) is 4.98 Å². The van der Waals surface area contributed by atoms with Crippen molar-refractivity contribution in [2.24, 2.45) is 5.92 Å². The van der Waals surface area contributed by atoms with Gasteiger partial charge in [0.1, 0.15) is 6.07 Å². The molecule has 0 radical (unpaired) electrons. The zero-order valence-corrected chi connectivity index (χ0v) is 11.9. The fourth-order valence-electron chi connectivity index (χ4n) is 2.51. The van der Waals surface area contributed by atoms with Crippen molar-refractivity contribution in [2.75, 3.05) is 11.9 Å². The van der Waals surface area contributed by atoms with Gasteiger partial charge in [0, 0.05) is 18.8 Å². The van der Waals surface area contributed by atoms with Crippen LogP contribution < -0.4 is 5.32 Å². The predicted molar refractivity (Wildman–Crippen MR) is 76.7 cm³/mol. The van der Waals surface area contributed by atoms with Crippen LogP contribution in [-0.4, -0.2) is 27.2 Å². The van der Waals surface area contributed by atoms with Crippen LogP contribution in [0.2, 0.25) is 0 Å². The van der Waals surface area contributed by atoms with Crippen molar-refractivity contribution < 1.29 is 10.0 Å². The number of rotatable bonds is 4. The summed E-state index contributed by atoms with van der Waals surface area (Å²) in [6.07, 6.45) is 4.51. The molecule has 1 aromatic rings. The Hall–Kier alpha value is -2.20. The molecule has 0 aromatic carbocycles. The summed E-state index contributed by atoms with van der Waals surface area (Å²) in [6.45, 7) is 2.37. The van der Waals surface area contributed by atoms with Gasteiger partial charge < -0.3 is 10.4 Å². The Kier molecular flexibility index (Phi) is 4.38. The van der Waals surface area contributed by atoms with E-state index < -0.39 is 10.5 Å². The Morgan fingerprint density at radius 1 is 1.62 bits per heavy atom. The number of pyridine rings is 1. The van der Waals surface area contributed by atoms with E-state index in [-0.39, 0.29) is 23.6 Å². The molecule has 1 aromatic heterocycles. The number of aliphatic hydroxyl groups is 1. The van der Waals surface area contributed by atoms with Gasteiger partial charge in [0.05, 0.1) is 16.1 Å². The quantitative estimate of drug-likeness (QED) is 0.649.